The van der Waals surface area contributed by atoms with Crippen molar-refractivity contribution in [3.63, 3.8) is 0 Å². The first-order valence-corrected chi connectivity index (χ1v) is 13.5. The highest BCUT2D eigenvalue weighted by molar-refractivity contribution is 8.00. The number of likely N-dealkylation sites (tertiary alicyclic amines) is 1. The Morgan fingerprint density at radius 1 is 1.03 bits per heavy atom. The van der Waals surface area contributed by atoms with Gasteiger partial charge in [0.15, 0.2) is 0 Å². The van der Waals surface area contributed by atoms with Crippen molar-refractivity contribution in [3.8, 4) is 0 Å². The van der Waals surface area contributed by atoms with Gasteiger partial charge >= 0.3 is 5.51 Å². The van der Waals surface area contributed by atoms with Crippen LogP contribution in [-0.2, 0) is 4.79 Å². The average Bonchev–Trinajstić information content (AvgIpc) is 2.85. The Hall–Kier alpha value is -2.10. The van der Waals surface area contributed by atoms with Gasteiger partial charge in [-0.15, -0.1) is 0 Å². The molecule has 5 nitrogen and oxygen atoms in total. The Morgan fingerprint density at radius 2 is 1.68 bits per heavy atom. The number of benzene rings is 2. The molecule has 2 aliphatic rings. The zero-order chi connectivity index (χ0) is 25.7. The van der Waals surface area contributed by atoms with Crippen LogP contribution in [0.5, 0.6) is 0 Å². The smallest absolute Gasteiger partial charge is 0.382 e. The molecule has 37 heavy (non-hydrogen) atoms. The van der Waals surface area contributed by atoms with E-state index in [1.807, 2.05) is 4.90 Å². The number of halogens is 4. The maximum atomic E-state index is 12.8. The van der Waals surface area contributed by atoms with Crippen LogP contribution in [0.3, 0.4) is 0 Å². The summed E-state index contributed by atoms with van der Waals surface area (Å²) in [5.41, 5.74) is -1.26. The summed E-state index contributed by atoms with van der Waals surface area (Å²) in [4.78, 5) is 19.4. The number of piperidine rings is 1. The summed E-state index contributed by atoms with van der Waals surface area (Å²) in [6, 6.07) is 13.3. The fourth-order valence-corrected chi connectivity index (χ4v) is 5.54. The molecule has 2 aliphatic heterocycles. The van der Waals surface area contributed by atoms with Crippen molar-refractivity contribution in [1.82, 2.24) is 9.80 Å². The zero-order valence-electron chi connectivity index (χ0n) is 20.4. The number of aryl methyl sites for hydroxylation is 1. The number of nitrogens with zero attached hydrogens (tertiary/aromatic N) is 3. The van der Waals surface area contributed by atoms with Crippen LogP contribution in [0.4, 0.5) is 24.5 Å². The third-order valence-electron chi connectivity index (χ3n) is 6.79. The van der Waals surface area contributed by atoms with Gasteiger partial charge in [-0.1, -0.05) is 36.7 Å². The Balaban J connectivity index is 0.00000380. The number of carbonyl (C=O) groups is 1. The van der Waals surface area contributed by atoms with E-state index in [2.05, 4.69) is 46.3 Å². The molecule has 0 aromatic heterocycles. The van der Waals surface area contributed by atoms with Crippen molar-refractivity contribution in [2.45, 2.75) is 50.1 Å². The Labute approximate surface area is 227 Å². The molecule has 0 atom stereocenters. The summed E-state index contributed by atoms with van der Waals surface area (Å²) < 4.78 is 38.3. The topological polar surface area (TPSA) is 38.8 Å². The van der Waals surface area contributed by atoms with E-state index in [-0.39, 0.29) is 41.1 Å². The number of hydrogen-bond acceptors (Lipinski definition) is 5. The van der Waals surface area contributed by atoms with E-state index in [1.54, 1.807) is 6.07 Å². The van der Waals surface area contributed by atoms with Gasteiger partial charge in [0.1, 0.15) is 0 Å². The quantitative estimate of drug-likeness (QED) is 0.394. The number of anilines is 2. The van der Waals surface area contributed by atoms with Crippen molar-refractivity contribution >= 4 is 40.6 Å². The summed E-state index contributed by atoms with van der Waals surface area (Å²) in [5.74, 6) is 0.171. The highest BCUT2D eigenvalue weighted by atomic mass is 35.5. The lowest BCUT2D eigenvalue weighted by atomic mass is 10.0. The number of carbonyl (C=O) groups excluding carboxylic acids is 1. The van der Waals surface area contributed by atoms with Crippen LogP contribution in [0.25, 0.3) is 0 Å². The first-order chi connectivity index (χ1) is 17.2. The third kappa shape index (κ3) is 8.72. The Bertz CT molecular complexity index is 1020. The second-order valence-electron chi connectivity index (χ2n) is 9.41. The minimum absolute atomic E-state index is 0. The fraction of sp³-hybridized carbons (Fsp3) is 0.519. The molecule has 1 N–H and O–H groups in total. The minimum atomic E-state index is -4.39. The molecular formula is C27H36ClF3N4OS. The van der Waals surface area contributed by atoms with E-state index >= 15 is 0 Å². The molecule has 204 valence electrons. The van der Waals surface area contributed by atoms with Gasteiger partial charge in [-0.3, -0.25) is 9.69 Å². The first-order valence-electron chi connectivity index (χ1n) is 12.3. The SMILES string of the molecule is C.Cc1ccc(N2CCN(CCC(=O)N3CCC(Nc4ccc(Cl)c(SC(F)(F)F)c4)CC3)CC2)cc1. The molecule has 4 rings (SSSR count). The number of piperazine rings is 1. The van der Waals surface area contributed by atoms with Gasteiger partial charge in [0.05, 0.1) is 5.02 Å². The van der Waals surface area contributed by atoms with Crippen molar-refractivity contribution in [1.29, 1.82) is 0 Å². The van der Waals surface area contributed by atoms with Gasteiger partial charge in [0.2, 0.25) is 5.91 Å². The molecule has 0 aliphatic carbocycles. The molecule has 2 saturated heterocycles. The van der Waals surface area contributed by atoms with Gasteiger partial charge in [-0.25, -0.2) is 0 Å². The van der Waals surface area contributed by atoms with Crippen LogP contribution in [0, 0.1) is 6.92 Å². The molecule has 2 aromatic carbocycles. The largest absolute Gasteiger partial charge is 0.446 e. The minimum Gasteiger partial charge on any atom is -0.382 e. The molecule has 2 aromatic rings. The van der Waals surface area contributed by atoms with Crippen molar-refractivity contribution < 1.29 is 18.0 Å². The molecule has 0 saturated carbocycles. The molecular weight excluding hydrogens is 521 g/mol. The van der Waals surface area contributed by atoms with Gasteiger partial charge in [-0.2, -0.15) is 13.2 Å². The number of amides is 1. The monoisotopic (exact) mass is 556 g/mol. The molecule has 0 spiro atoms. The summed E-state index contributed by atoms with van der Waals surface area (Å²) in [6.07, 6.45) is 2.02. The van der Waals surface area contributed by atoms with Crippen molar-refractivity contribution in [2.24, 2.45) is 0 Å². The van der Waals surface area contributed by atoms with Crippen LogP contribution in [0.1, 0.15) is 32.3 Å². The highest BCUT2D eigenvalue weighted by Gasteiger charge is 2.31. The van der Waals surface area contributed by atoms with Crippen LogP contribution < -0.4 is 10.2 Å². The van der Waals surface area contributed by atoms with Gasteiger partial charge in [-0.05, 0) is 61.9 Å². The van der Waals surface area contributed by atoms with Crippen LogP contribution >= 0.6 is 23.4 Å². The van der Waals surface area contributed by atoms with Crippen molar-refractivity contribution in [2.75, 3.05) is 56.0 Å². The van der Waals surface area contributed by atoms with E-state index < -0.39 is 5.51 Å². The fourth-order valence-electron chi connectivity index (χ4n) is 4.70. The third-order valence-corrected chi connectivity index (χ3v) is 8.02. The van der Waals surface area contributed by atoms with E-state index in [1.165, 1.54) is 23.4 Å². The second-order valence-corrected chi connectivity index (χ2v) is 10.9. The lowest BCUT2D eigenvalue weighted by Crippen LogP contribution is -2.48. The predicted octanol–water partition coefficient (Wildman–Crippen LogP) is 6.51. The van der Waals surface area contributed by atoms with Gasteiger partial charge < -0.3 is 15.1 Å². The lowest BCUT2D eigenvalue weighted by molar-refractivity contribution is -0.132. The van der Waals surface area contributed by atoms with Crippen LogP contribution in [0.2, 0.25) is 5.02 Å². The van der Waals surface area contributed by atoms with Gasteiger partial charge in [0, 0.05) is 74.5 Å². The zero-order valence-corrected chi connectivity index (χ0v) is 21.9. The molecule has 2 fully saturated rings. The summed E-state index contributed by atoms with van der Waals surface area (Å²) in [7, 11) is 0. The van der Waals surface area contributed by atoms with E-state index in [0.717, 1.165) is 45.6 Å². The molecule has 2 heterocycles. The maximum absolute atomic E-state index is 12.8. The molecule has 0 bridgehead atoms. The lowest BCUT2D eigenvalue weighted by Gasteiger charge is -2.37. The molecule has 1 amide bonds. The second kappa shape index (κ2) is 13.1. The Kier molecular flexibility index (Phi) is 10.4. The maximum Gasteiger partial charge on any atom is 0.446 e. The number of rotatable bonds is 7. The number of nitrogens with one attached hydrogen (secondary N) is 1. The molecule has 10 heteroatoms. The highest BCUT2D eigenvalue weighted by Crippen LogP contribution is 2.41. The standard InChI is InChI=1S/C26H32ClF3N4OS.CH4/c1-19-2-5-22(6-3-19)33-16-14-32(15-17-33)11-10-25(35)34-12-8-20(9-13-34)31-21-4-7-23(27)24(18-21)36-26(28,29)30;/h2-7,18,20,31H,8-17H2,1H3;1H4. The number of thioether (sulfide) groups is 1. The summed E-state index contributed by atoms with van der Waals surface area (Å²) in [5, 5.41) is 3.39. The van der Waals surface area contributed by atoms with E-state index in [4.69, 9.17) is 11.6 Å². The predicted molar refractivity (Wildman–Crippen MR) is 148 cm³/mol. The van der Waals surface area contributed by atoms with Gasteiger partial charge in [0.25, 0.3) is 0 Å². The van der Waals surface area contributed by atoms with Crippen LogP contribution in [0.15, 0.2) is 47.4 Å². The first kappa shape index (κ1) is 29.5. The van der Waals surface area contributed by atoms with E-state index in [9.17, 15) is 18.0 Å². The number of alkyl halides is 3. The average molecular weight is 557 g/mol. The normalized spacial score (nSPS) is 17.4. The van der Waals surface area contributed by atoms with E-state index in [0.29, 0.717) is 25.2 Å². The summed E-state index contributed by atoms with van der Waals surface area (Å²) in [6.45, 7) is 7.97. The van der Waals surface area contributed by atoms with Crippen molar-refractivity contribution in [3.05, 3.63) is 53.1 Å². The summed E-state index contributed by atoms with van der Waals surface area (Å²) >= 11 is 5.72. The molecule has 0 radical (unpaired) electrons. The van der Waals surface area contributed by atoms with Crippen LogP contribution in [-0.4, -0.2) is 73.1 Å². The number of hydrogen-bond donors (Lipinski definition) is 1. The molecule has 0 unspecified atom stereocenters. The Morgan fingerprint density at radius 3 is 2.30 bits per heavy atom.